The van der Waals surface area contributed by atoms with Gasteiger partial charge in [-0.2, -0.15) is 0 Å². The molecule has 0 saturated heterocycles. The third-order valence-electron chi connectivity index (χ3n) is 3.68. The van der Waals surface area contributed by atoms with Gasteiger partial charge in [0.1, 0.15) is 17.0 Å². The van der Waals surface area contributed by atoms with Crippen LogP contribution in [0.1, 0.15) is 9.67 Å². The Morgan fingerprint density at radius 2 is 1.79 bits per heavy atom. The maximum Gasteiger partial charge on any atom is 0.265 e. The Bertz CT molecular complexity index is 1040. The van der Waals surface area contributed by atoms with Gasteiger partial charge < -0.3 is 10.1 Å². The number of hydrogen-bond acceptors (Lipinski definition) is 5. The number of amides is 1. The van der Waals surface area contributed by atoms with Crippen LogP contribution in [0.3, 0.4) is 0 Å². The number of hydrogen-bond donors (Lipinski definition) is 1. The number of benzene rings is 2. The number of nitrogens with one attached hydrogen (secondary N) is 1. The lowest BCUT2D eigenvalue weighted by atomic mass is 10.2. The quantitative estimate of drug-likeness (QED) is 0.572. The van der Waals surface area contributed by atoms with E-state index in [4.69, 9.17) is 4.74 Å². The smallest absolute Gasteiger partial charge is 0.265 e. The van der Waals surface area contributed by atoms with Crippen molar-refractivity contribution in [1.29, 1.82) is 0 Å². The molecule has 4 aromatic rings. The lowest BCUT2D eigenvalue weighted by Gasteiger charge is -2.12. The molecule has 4 rings (SSSR count). The molecule has 0 aliphatic rings. The van der Waals surface area contributed by atoms with E-state index in [9.17, 15) is 4.79 Å². The molecule has 0 atom stereocenters. The SMILES string of the molecule is COc1ccc2nc3ccccc3nc2c1NC(=O)c1cccs1. The van der Waals surface area contributed by atoms with E-state index in [1.54, 1.807) is 19.2 Å². The Balaban J connectivity index is 1.90. The lowest BCUT2D eigenvalue weighted by molar-refractivity contribution is 0.103. The first kappa shape index (κ1) is 14.6. The second-order valence-corrected chi connectivity index (χ2v) is 6.10. The van der Waals surface area contributed by atoms with Gasteiger partial charge in [0.2, 0.25) is 0 Å². The molecule has 6 heteroatoms. The van der Waals surface area contributed by atoms with Gasteiger partial charge in [-0.15, -0.1) is 11.3 Å². The zero-order chi connectivity index (χ0) is 16.5. The van der Waals surface area contributed by atoms with Gasteiger partial charge in [0.15, 0.2) is 0 Å². The van der Waals surface area contributed by atoms with Crippen LogP contribution < -0.4 is 10.1 Å². The van der Waals surface area contributed by atoms with E-state index in [1.165, 1.54) is 11.3 Å². The summed E-state index contributed by atoms with van der Waals surface area (Å²) in [6.45, 7) is 0. The molecule has 0 spiro atoms. The second-order valence-electron chi connectivity index (χ2n) is 5.15. The monoisotopic (exact) mass is 335 g/mol. The third kappa shape index (κ3) is 2.47. The molecule has 0 aliphatic carbocycles. The van der Waals surface area contributed by atoms with Gasteiger partial charge >= 0.3 is 0 Å². The highest BCUT2D eigenvalue weighted by atomic mass is 32.1. The number of fused-ring (bicyclic) bond motifs is 2. The highest BCUT2D eigenvalue weighted by Crippen LogP contribution is 2.33. The second kappa shape index (κ2) is 5.90. The lowest BCUT2D eigenvalue weighted by Crippen LogP contribution is -2.12. The zero-order valence-electron chi connectivity index (χ0n) is 12.8. The third-order valence-corrected chi connectivity index (χ3v) is 4.55. The number of rotatable bonds is 3. The Morgan fingerprint density at radius 1 is 1.00 bits per heavy atom. The summed E-state index contributed by atoms with van der Waals surface area (Å²) in [6, 6.07) is 14.9. The van der Waals surface area contributed by atoms with Crippen molar-refractivity contribution in [3.8, 4) is 5.75 Å². The maximum absolute atomic E-state index is 12.4. The van der Waals surface area contributed by atoms with E-state index in [0.29, 0.717) is 27.3 Å². The summed E-state index contributed by atoms with van der Waals surface area (Å²) in [4.78, 5) is 22.4. The van der Waals surface area contributed by atoms with Crippen LogP contribution >= 0.6 is 11.3 Å². The molecule has 0 saturated carbocycles. The molecule has 0 aliphatic heterocycles. The number of aromatic nitrogens is 2. The molecular weight excluding hydrogens is 322 g/mol. The van der Waals surface area contributed by atoms with E-state index < -0.39 is 0 Å². The standard InChI is InChI=1S/C18H13N3O2S/c1-23-14-9-8-13-16(20-12-6-3-2-5-11(12)19-13)17(14)21-18(22)15-7-4-10-24-15/h2-10H,1H3,(H,21,22). The Morgan fingerprint density at radius 3 is 2.50 bits per heavy atom. The van der Waals surface area contributed by atoms with E-state index in [2.05, 4.69) is 15.3 Å². The minimum absolute atomic E-state index is 0.189. The van der Waals surface area contributed by atoms with Gasteiger partial charge in [0.05, 0.1) is 28.5 Å². The highest BCUT2D eigenvalue weighted by Gasteiger charge is 2.16. The van der Waals surface area contributed by atoms with E-state index in [-0.39, 0.29) is 5.91 Å². The normalized spacial score (nSPS) is 10.9. The Hall–Kier alpha value is -2.99. The van der Waals surface area contributed by atoms with Crippen LogP contribution in [-0.2, 0) is 0 Å². The molecule has 2 aromatic carbocycles. The van der Waals surface area contributed by atoms with Crippen molar-refractivity contribution in [2.24, 2.45) is 0 Å². The highest BCUT2D eigenvalue weighted by molar-refractivity contribution is 7.12. The van der Waals surface area contributed by atoms with Crippen LogP contribution in [0.4, 0.5) is 5.69 Å². The molecule has 5 nitrogen and oxygen atoms in total. The molecular formula is C18H13N3O2S. The molecule has 1 N–H and O–H groups in total. The fourth-order valence-electron chi connectivity index (χ4n) is 2.54. The number of nitrogens with zero attached hydrogens (tertiary/aromatic N) is 2. The Labute approximate surface area is 141 Å². The molecule has 1 amide bonds. The van der Waals surface area contributed by atoms with E-state index in [0.717, 1.165) is 11.0 Å². The van der Waals surface area contributed by atoms with Crippen molar-refractivity contribution in [2.45, 2.75) is 0 Å². The molecule has 0 fully saturated rings. The largest absolute Gasteiger partial charge is 0.494 e. The summed E-state index contributed by atoms with van der Waals surface area (Å²) in [5.74, 6) is 0.364. The van der Waals surface area contributed by atoms with Crippen molar-refractivity contribution in [1.82, 2.24) is 9.97 Å². The number of carbonyl (C=O) groups excluding carboxylic acids is 1. The van der Waals surface area contributed by atoms with Crippen LogP contribution in [0.2, 0.25) is 0 Å². The van der Waals surface area contributed by atoms with Crippen LogP contribution in [0.25, 0.3) is 22.1 Å². The first-order chi connectivity index (χ1) is 11.8. The number of thiophene rings is 1. The zero-order valence-corrected chi connectivity index (χ0v) is 13.6. The summed E-state index contributed by atoms with van der Waals surface area (Å²) in [7, 11) is 1.57. The minimum atomic E-state index is -0.189. The number of ether oxygens (including phenoxy) is 1. The van der Waals surface area contributed by atoms with Crippen LogP contribution in [0.15, 0.2) is 53.9 Å². The maximum atomic E-state index is 12.4. The van der Waals surface area contributed by atoms with Crippen LogP contribution in [-0.4, -0.2) is 23.0 Å². The Kier molecular flexibility index (Phi) is 3.59. The molecule has 118 valence electrons. The summed E-state index contributed by atoms with van der Waals surface area (Å²) >= 11 is 1.38. The average molecular weight is 335 g/mol. The van der Waals surface area contributed by atoms with Crippen molar-refractivity contribution < 1.29 is 9.53 Å². The number of carbonyl (C=O) groups is 1. The fourth-order valence-corrected chi connectivity index (χ4v) is 3.16. The van der Waals surface area contributed by atoms with Crippen molar-refractivity contribution in [3.05, 3.63) is 58.8 Å². The predicted octanol–water partition coefficient (Wildman–Crippen LogP) is 4.11. The molecule has 2 aromatic heterocycles. The van der Waals surface area contributed by atoms with E-state index >= 15 is 0 Å². The summed E-state index contributed by atoms with van der Waals surface area (Å²) < 4.78 is 5.40. The van der Waals surface area contributed by atoms with E-state index in [1.807, 2.05) is 41.8 Å². The molecule has 2 heterocycles. The van der Waals surface area contributed by atoms with Crippen LogP contribution in [0.5, 0.6) is 5.75 Å². The van der Waals surface area contributed by atoms with Gasteiger partial charge in [-0.1, -0.05) is 18.2 Å². The van der Waals surface area contributed by atoms with Gasteiger partial charge in [-0.3, -0.25) is 4.79 Å². The fraction of sp³-hybridized carbons (Fsp3) is 0.0556. The van der Waals surface area contributed by atoms with Crippen molar-refractivity contribution in [3.63, 3.8) is 0 Å². The number of anilines is 1. The molecule has 0 bridgehead atoms. The van der Waals surface area contributed by atoms with Crippen molar-refractivity contribution >= 4 is 45.0 Å². The molecule has 0 radical (unpaired) electrons. The van der Waals surface area contributed by atoms with Gasteiger partial charge in [0.25, 0.3) is 5.91 Å². The number of methoxy groups -OCH3 is 1. The number of para-hydroxylation sites is 2. The summed E-state index contributed by atoms with van der Waals surface area (Å²) in [5, 5.41) is 4.78. The van der Waals surface area contributed by atoms with Gasteiger partial charge in [-0.05, 0) is 35.7 Å². The summed E-state index contributed by atoms with van der Waals surface area (Å²) in [6.07, 6.45) is 0. The predicted molar refractivity (Wildman–Crippen MR) is 95.9 cm³/mol. The molecule has 24 heavy (non-hydrogen) atoms. The van der Waals surface area contributed by atoms with Gasteiger partial charge in [0, 0.05) is 0 Å². The van der Waals surface area contributed by atoms with Crippen LogP contribution in [0, 0.1) is 0 Å². The van der Waals surface area contributed by atoms with Crippen molar-refractivity contribution in [2.75, 3.05) is 12.4 Å². The summed E-state index contributed by atoms with van der Waals surface area (Å²) in [5.41, 5.74) is 3.43. The first-order valence-corrected chi connectivity index (χ1v) is 8.22. The minimum Gasteiger partial charge on any atom is -0.494 e. The molecule has 0 unspecified atom stereocenters. The topological polar surface area (TPSA) is 64.1 Å². The first-order valence-electron chi connectivity index (χ1n) is 7.34. The van der Waals surface area contributed by atoms with Gasteiger partial charge in [-0.25, -0.2) is 9.97 Å². The average Bonchev–Trinajstić information content (AvgIpc) is 3.15.